The predicted octanol–water partition coefficient (Wildman–Crippen LogP) is 2.32. The first kappa shape index (κ1) is 12.7. The van der Waals surface area contributed by atoms with Gasteiger partial charge in [-0.2, -0.15) is 5.10 Å². The van der Waals surface area contributed by atoms with E-state index >= 15 is 0 Å². The predicted molar refractivity (Wildman–Crippen MR) is 78.7 cm³/mol. The number of pyridine rings is 1. The van der Waals surface area contributed by atoms with Crippen LogP contribution >= 0.6 is 0 Å². The van der Waals surface area contributed by atoms with Crippen LogP contribution in [0.3, 0.4) is 0 Å². The molecule has 0 saturated heterocycles. The number of nitrogens with one attached hydrogen (secondary N) is 1. The first-order valence-corrected chi connectivity index (χ1v) is 6.82. The molecule has 102 valence electrons. The first-order chi connectivity index (χ1) is 9.90. The topological polar surface area (TPSA) is 55.6 Å². The molecule has 0 bridgehead atoms. The Morgan fingerprint density at radius 3 is 2.80 bits per heavy atom. The van der Waals surface area contributed by atoms with Crippen molar-refractivity contribution < 1.29 is 0 Å². The molecule has 0 saturated carbocycles. The third-order valence-electron chi connectivity index (χ3n) is 3.23. The first-order valence-electron chi connectivity index (χ1n) is 6.82. The van der Waals surface area contributed by atoms with E-state index in [-0.39, 0.29) is 0 Å². The highest BCUT2D eigenvalue weighted by atomic mass is 15.3. The third-order valence-corrected chi connectivity index (χ3v) is 3.23. The SMILES string of the molecule is CCCNCc1cnc(-n2cncn2)c2ccccc12. The normalized spacial score (nSPS) is 11.1. The Hall–Kier alpha value is -2.27. The summed E-state index contributed by atoms with van der Waals surface area (Å²) in [6.07, 6.45) is 6.24. The number of fused-ring (bicyclic) bond motifs is 1. The van der Waals surface area contributed by atoms with Crippen molar-refractivity contribution in [2.24, 2.45) is 0 Å². The molecule has 0 aliphatic rings. The largest absolute Gasteiger partial charge is 0.313 e. The van der Waals surface area contributed by atoms with Crippen molar-refractivity contribution in [2.75, 3.05) is 6.54 Å². The summed E-state index contributed by atoms with van der Waals surface area (Å²) in [5, 5.41) is 9.89. The molecule has 0 aliphatic carbocycles. The number of nitrogens with zero attached hydrogens (tertiary/aromatic N) is 4. The molecule has 2 aromatic heterocycles. The van der Waals surface area contributed by atoms with Gasteiger partial charge in [-0.3, -0.25) is 0 Å². The van der Waals surface area contributed by atoms with E-state index < -0.39 is 0 Å². The minimum Gasteiger partial charge on any atom is -0.313 e. The van der Waals surface area contributed by atoms with Gasteiger partial charge in [-0.25, -0.2) is 14.6 Å². The summed E-state index contributed by atoms with van der Waals surface area (Å²) >= 11 is 0. The molecule has 5 heteroatoms. The smallest absolute Gasteiger partial charge is 0.163 e. The van der Waals surface area contributed by atoms with Crippen LogP contribution in [0.1, 0.15) is 18.9 Å². The summed E-state index contributed by atoms with van der Waals surface area (Å²) in [7, 11) is 0. The minimum atomic E-state index is 0.817. The second-order valence-electron chi connectivity index (χ2n) is 4.67. The fourth-order valence-electron chi connectivity index (χ4n) is 2.28. The zero-order valence-electron chi connectivity index (χ0n) is 11.5. The van der Waals surface area contributed by atoms with Crippen LogP contribution in [0.2, 0.25) is 0 Å². The van der Waals surface area contributed by atoms with Gasteiger partial charge in [0.2, 0.25) is 0 Å². The molecule has 20 heavy (non-hydrogen) atoms. The van der Waals surface area contributed by atoms with Crippen molar-refractivity contribution in [3.8, 4) is 5.82 Å². The maximum absolute atomic E-state index is 4.55. The van der Waals surface area contributed by atoms with Crippen LogP contribution in [-0.4, -0.2) is 26.3 Å². The maximum Gasteiger partial charge on any atom is 0.163 e. The van der Waals surface area contributed by atoms with Crippen molar-refractivity contribution in [3.63, 3.8) is 0 Å². The van der Waals surface area contributed by atoms with Gasteiger partial charge in [0.25, 0.3) is 0 Å². The Morgan fingerprint density at radius 1 is 1.20 bits per heavy atom. The number of hydrogen-bond donors (Lipinski definition) is 1. The van der Waals surface area contributed by atoms with Crippen molar-refractivity contribution in [1.29, 1.82) is 0 Å². The van der Waals surface area contributed by atoms with Gasteiger partial charge in [-0.15, -0.1) is 0 Å². The molecule has 3 aromatic rings. The van der Waals surface area contributed by atoms with Crippen LogP contribution in [0.5, 0.6) is 0 Å². The lowest BCUT2D eigenvalue weighted by atomic mass is 10.1. The standard InChI is InChI=1S/C15H17N5/c1-2-7-16-8-12-9-18-15(20-11-17-10-19-20)14-6-4-3-5-13(12)14/h3-6,9-11,16H,2,7-8H2,1H3. The summed E-state index contributed by atoms with van der Waals surface area (Å²) in [6.45, 7) is 4.01. The number of benzene rings is 1. The van der Waals surface area contributed by atoms with E-state index in [2.05, 4.69) is 45.5 Å². The molecule has 2 heterocycles. The van der Waals surface area contributed by atoms with E-state index in [1.807, 2.05) is 12.3 Å². The van der Waals surface area contributed by atoms with Crippen LogP contribution < -0.4 is 5.32 Å². The van der Waals surface area contributed by atoms with Crippen LogP contribution in [0.15, 0.2) is 43.1 Å². The monoisotopic (exact) mass is 267 g/mol. The maximum atomic E-state index is 4.55. The summed E-state index contributed by atoms with van der Waals surface area (Å²) in [5.74, 6) is 0.817. The fraction of sp³-hybridized carbons (Fsp3) is 0.267. The average Bonchev–Trinajstić information content (AvgIpc) is 3.01. The summed E-state index contributed by atoms with van der Waals surface area (Å²) in [6, 6.07) is 8.27. The molecular formula is C15H17N5. The molecule has 3 rings (SSSR count). The minimum absolute atomic E-state index is 0.817. The van der Waals surface area contributed by atoms with Gasteiger partial charge < -0.3 is 5.32 Å². The molecule has 0 amide bonds. The zero-order chi connectivity index (χ0) is 13.8. The zero-order valence-corrected chi connectivity index (χ0v) is 11.5. The van der Waals surface area contributed by atoms with Gasteiger partial charge in [0.05, 0.1) is 0 Å². The van der Waals surface area contributed by atoms with E-state index in [1.54, 1.807) is 11.0 Å². The second kappa shape index (κ2) is 5.79. The molecule has 1 aromatic carbocycles. The number of hydrogen-bond acceptors (Lipinski definition) is 4. The quantitative estimate of drug-likeness (QED) is 0.721. The number of rotatable bonds is 5. The van der Waals surface area contributed by atoms with Crippen molar-refractivity contribution in [2.45, 2.75) is 19.9 Å². The second-order valence-corrected chi connectivity index (χ2v) is 4.67. The van der Waals surface area contributed by atoms with Gasteiger partial charge >= 0.3 is 0 Å². The molecule has 5 nitrogen and oxygen atoms in total. The average molecular weight is 267 g/mol. The van der Waals surface area contributed by atoms with Crippen LogP contribution in [0.4, 0.5) is 0 Å². The molecule has 1 N–H and O–H groups in total. The van der Waals surface area contributed by atoms with Crippen LogP contribution in [-0.2, 0) is 6.54 Å². The van der Waals surface area contributed by atoms with E-state index in [9.17, 15) is 0 Å². The third kappa shape index (κ3) is 2.40. The molecule has 0 radical (unpaired) electrons. The molecule has 0 unspecified atom stereocenters. The highest BCUT2D eigenvalue weighted by Gasteiger charge is 2.08. The Morgan fingerprint density at radius 2 is 2.05 bits per heavy atom. The van der Waals surface area contributed by atoms with Crippen molar-refractivity contribution >= 4 is 10.8 Å². The lowest BCUT2D eigenvalue weighted by Crippen LogP contribution is -2.14. The molecular weight excluding hydrogens is 250 g/mol. The summed E-state index contributed by atoms with van der Waals surface area (Å²) < 4.78 is 1.70. The van der Waals surface area contributed by atoms with Gasteiger partial charge in [-0.1, -0.05) is 31.2 Å². The van der Waals surface area contributed by atoms with Crippen molar-refractivity contribution in [1.82, 2.24) is 25.1 Å². The Kier molecular flexibility index (Phi) is 3.69. The highest BCUT2D eigenvalue weighted by Crippen LogP contribution is 2.22. The van der Waals surface area contributed by atoms with E-state index in [4.69, 9.17) is 0 Å². The molecule has 0 spiro atoms. The van der Waals surface area contributed by atoms with Crippen molar-refractivity contribution in [3.05, 3.63) is 48.7 Å². The Labute approximate surface area is 117 Å². The molecule has 0 fully saturated rings. The lowest BCUT2D eigenvalue weighted by Gasteiger charge is -2.10. The lowest BCUT2D eigenvalue weighted by molar-refractivity contribution is 0.676. The number of aromatic nitrogens is 4. The van der Waals surface area contributed by atoms with Gasteiger partial charge in [-0.05, 0) is 23.9 Å². The summed E-state index contributed by atoms with van der Waals surface area (Å²) in [5.41, 5.74) is 1.21. The highest BCUT2D eigenvalue weighted by molar-refractivity contribution is 5.90. The molecule has 0 atom stereocenters. The van der Waals surface area contributed by atoms with E-state index in [0.717, 1.165) is 30.7 Å². The van der Waals surface area contributed by atoms with E-state index in [0.29, 0.717) is 0 Å². The summed E-state index contributed by atoms with van der Waals surface area (Å²) in [4.78, 5) is 8.54. The van der Waals surface area contributed by atoms with Crippen LogP contribution in [0, 0.1) is 0 Å². The molecule has 0 aliphatic heterocycles. The Balaban J connectivity index is 2.06. The van der Waals surface area contributed by atoms with Gasteiger partial charge in [0.15, 0.2) is 5.82 Å². The van der Waals surface area contributed by atoms with Gasteiger partial charge in [0.1, 0.15) is 12.7 Å². The van der Waals surface area contributed by atoms with E-state index in [1.165, 1.54) is 17.3 Å². The Bertz CT molecular complexity index is 691. The van der Waals surface area contributed by atoms with Gasteiger partial charge in [0, 0.05) is 18.1 Å². The fourth-order valence-corrected chi connectivity index (χ4v) is 2.28. The van der Waals surface area contributed by atoms with Crippen LogP contribution in [0.25, 0.3) is 16.6 Å².